The van der Waals surface area contributed by atoms with E-state index in [1.807, 2.05) is 0 Å². The summed E-state index contributed by atoms with van der Waals surface area (Å²) in [5.74, 6) is 0.0389. The molecule has 0 saturated carbocycles. The van der Waals surface area contributed by atoms with Gasteiger partial charge in [0.2, 0.25) is 0 Å². The fourth-order valence-electron chi connectivity index (χ4n) is 2.33. The lowest BCUT2D eigenvalue weighted by atomic mass is 9.89. The lowest BCUT2D eigenvalue weighted by Gasteiger charge is -2.23. The molecule has 0 radical (unpaired) electrons. The van der Waals surface area contributed by atoms with Crippen molar-refractivity contribution in [3.8, 4) is 0 Å². The van der Waals surface area contributed by atoms with E-state index in [1.165, 1.54) is 6.07 Å². The molecule has 1 aliphatic heterocycles. The van der Waals surface area contributed by atoms with Crippen LogP contribution in [0.4, 0.5) is 9.18 Å². The number of piperidine rings is 1. The van der Waals surface area contributed by atoms with E-state index in [9.17, 15) is 9.18 Å². The number of hydrogen-bond acceptors (Lipinski definition) is 2. The summed E-state index contributed by atoms with van der Waals surface area (Å²) in [6.45, 7) is 2.02. The highest BCUT2D eigenvalue weighted by atomic mass is 19.1. The van der Waals surface area contributed by atoms with Crippen molar-refractivity contribution in [2.24, 2.45) is 0 Å². The zero-order valence-electron chi connectivity index (χ0n) is 10.1. The lowest BCUT2D eigenvalue weighted by Crippen LogP contribution is -2.27. The molecule has 3 N–H and O–H groups in total. The minimum absolute atomic E-state index is 0.194. The lowest BCUT2D eigenvalue weighted by molar-refractivity contribution is 0.194. The Morgan fingerprint density at radius 2 is 2.17 bits per heavy atom. The maximum atomic E-state index is 13.8. The summed E-state index contributed by atoms with van der Waals surface area (Å²) in [4.78, 5) is 10.4. The highest BCUT2D eigenvalue weighted by Crippen LogP contribution is 2.28. The molecule has 98 valence electrons. The fourth-order valence-corrected chi connectivity index (χ4v) is 2.33. The van der Waals surface area contributed by atoms with Crippen LogP contribution in [0.1, 0.15) is 29.9 Å². The van der Waals surface area contributed by atoms with Crippen molar-refractivity contribution in [1.29, 1.82) is 0 Å². The number of carbonyl (C=O) groups is 1. The van der Waals surface area contributed by atoms with E-state index in [0.29, 0.717) is 5.56 Å². The number of nitrogens with one attached hydrogen (secondary N) is 2. The van der Waals surface area contributed by atoms with Gasteiger partial charge in [0.15, 0.2) is 0 Å². The molecule has 18 heavy (non-hydrogen) atoms. The first-order valence-electron chi connectivity index (χ1n) is 6.12. The van der Waals surface area contributed by atoms with Gasteiger partial charge in [-0.05, 0) is 49.0 Å². The summed E-state index contributed by atoms with van der Waals surface area (Å²) in [6.07, 6.45) is 0.780. The molecule has 1 fully saturated rings. The highest BCUT2D eigenvalue weighted by Gasteiger charge is 2.18. The molecule has 0 aliphatic carbocycles. The Morgan fingerprint density at radius 3 is 2.83 bits per heavy atom. The summed E-state index contributed by atoms with van der Waals surface area (Å²) in [7, 11) is 0. The monoisotopic (exact) mass is 252 g/mol. The number of amides is 1. The average molecular weight is 252 g/mol. The molecule has 0 spiro atoms. The molecular weight excluding hydrogens is 235 g/mol. The number of hydrogen-bond donors (Lipinski definition) is 3. The molecule has 1 saturated heterocycles. The molecule has 0 atom stereocenters. The van der Waals surface area contributed by atoms with E-state index >= 15 is 0 Å². The predicted octanol–water partition coefficient (Wildman–Crippen LogP) is 2.06. The predicted molar refractivity (Wildman–Crippen MR) is 66.1 cm³/mol. The van der Waals surface area contributed by atoms with Crippen LogP contribution < -0.4 is 10.6 Å². The first kappa shape index (κ1) is 12.8. The molecule has 0 aromatic heterocycles. The van der Waals surface area contributed by atoms with Crippen LogP contribution in [-0.2, 0) is 6.54 Å². The molecule has 1 amide bonds. The number of carboxylic acid groups (broad SMARTS) is 1. The third-order valence-electron chi connectivity index (χ3n) is 3.28. The minimum Gasteiger partial charge on any atom is -0.465 e. The molecule has 1 aromatic rings. The maximum absolute atomic E-state index is 13.8. The second-order valence-corrected chi connectivity index (χ2v) is 4.54. The number of rotatable bonds is 3. The van der Waals surface area contributed by atoms with Crippen LogP contribution in [0, 0.1) is 5.82 Å². The van der Waals surface area contributed by atoms with Crippen LogP contribution >= 0.6 is 0 Å². The smallest absolute Gasteiger partial charge is 0.404 e. The van der Waals surface area contributed by atoms with Gasteiger partial charge >= 0.3 is 6.09 Å². The van der Waals surface area contributed by atoms with Gasteiger partial charge in [0, 0.05) is 6.54 Å². The van der Waals surface area contributed by atoms with E-state index < -0.39 is 6.09 Å². The summed E-state index contributed by atoms with van der Waals surface area (Å²) < 4.78 is 13.8. The van der Waals surface area contributed by atoms with Gasteiger partial charge in [-0.2, -0.15) is 0 Å². The maximum Gasteiger partial charge on any atom is 0.404 e. The van der Waals surface area contributed by atoms with Crippen LogP contribution in [0.2, 0.25) is 0 Å². The van der Waals surface area contributed by atoms with Crippen LogP contribution in [0.15, 0.2) is 18.2 Å². The van der Waals surface area contributed by atoms with Gasteiger partial charge in [-0.1, -0.05) is 12.1 Å². The van der Waals surface area contributed by atoms with Crippen LogP contribution in [-0.4, -0.2) is 24.3 Å². The Morgan fingerprint density at radius 1 is 1.44 bits per heavy atom. The van der Waals surface area contributed by atoms with Crippen molar-refractivity contribution in [2.45, 2.75) is 25.3 Å². The molecular formula is C13H17FN2O2. The SMILES string of the molecule is O=C(O)NCc1ccc(F)c(C2CCNCC2)c1. The zero-order chi connectivity index (χ0) is 13.0. The Balaban J connectivity index is 2.12. The van der Waals surface area contributed by atoms with Crippen molar-refractivity contribution in [2.75, 3.05) is 13.1 Å². The summed E-state index contributed by atoms with van der Waals surface area (Å²) in [6, 6.07) is 4.83. The van der Waals surface area contributed by atoms with E-state index in [4.69, 9.17) is 5.11 Å². The van der Waals surface area contributed by atoms with Crippen molar-refractivity contribution in [3.05, 3.63) is 35.1 Å². The van der Waals surface area contributed by atoms with Gasteiger partial charge in [0.1, 0.15) is 5.82 Å². The Kier molecular flexibility index (Phi) is 4.15. The van der Waals surface area contributed by atoms with E-state index in [0.717, 1.165) is 31.5 Å². The van der Waals surface area contributed by atoms with Gasteiger partial charge in [0.25, 0.3) is 0 Å². The molecule has 1 heterocycles. The summed E-state index contributed by atoms with van der Waals surface area (Å²) in [5.41, 5.74) is 1.51. The molecule has 4 nitrogen and oxygen atoms in total. The van der Waals surface area contributed by atoms with Crippen LogP contribution in [0.5, 0.6) is 0 Å². The van der Waals surface area contributed by atoms with Gasteiger partial charge in [-0.15, -0.1) is 0 Å². The second-order valence-electron chi connectivity index (χ2n) is 4.54. The van der Waals surface area contributed by atoms with Gasteiger partial charge < -0.3 is 15.7 Å². The van der Waals surface area contributed by atoms with Gasteiger partial charge in [-0.3, -0.25) is 0 Å². The van der Waals surface area contributed by atoms with E-state index in [1.54, 1.807) is 12.1 Å². The Labute approximate surface area is 105 Å². The summed E-state index contributed by atoms with van der Waals surface area (Å²) >= 11 is 0. The van der Waals surface area contributed by atoms with Crippen molar-refractivity contribution in [1.82, 2.24) is 10.6 Å². The van der Waals surface area contributed by atoms with Crippen LogP contribution in [0.25, 0.3) is 0 Å². The fraction of sp³-hybridized carbons (Fsp3) is 0.462. The zero-order valence-corrected chi connectivity index (χ0v) is 10.1. The number of benzene rings is 1. The first-order valence-corrected chi connectivity index (χ1v) is 6.12. The summed E-state index contributed by atoms with van der Waals surface area (Å²) in [5, 5.41) is 14.1. The van der Waals surface area contributed by atoms with E-state index in [2.05, 4.69) is 10.6 Å². The molecule has 1 aliphatic rings. The molecule has 5 heteroatoms. The minimum atomic E-state index is -1.07. The molecule has 1 aromatic carbocycles. The topological polar surface area (TPSA) is 61.4 Å². The van der Waals surface area contributed by atoms with Gasteiger partial charge in [0.05, 0.1) is 0 Å². The van der Waals surface area contributed by atoms with Crippen LogP contribution in [0.3, 0.4) is 0 Å². The largest absolute Gasteiger partial charge is 0.465 e. The normalized spacial score (nSPS) is 16.5. The Bertz CT molecular complexity index is 431. The quantitative estimate of drug-likeness (QED) is 0.771. The third kappa shape index (κ3) is 3.20. The highest BCUT2D eigenvalue weighted by molar-refractivity contribution is 5.64. The molecule has 2 rings (SSSR count). The van der Waals surface area contributed by atoms with Gasteiger partial charge in [-0.25, -0.2) is 9.18 Å². The van der Waals surface area contributed by atoms with E-state index in [-0.39, 0.29) is 18.3 Å². The van der Waals surface area contributed by atoms with Crippen molar-refractivity contribution in [3.63, 3.8) is 0 Å². The van der Waals surface area contributed by atoms with Crippen molar-refractivity contribution < 1.29 is 14.3 Å². The first-order chi connectivity index (χ1) is 8.66. The number of halogens is 1. The standard InChI is InChI=1S/C13H17FN2O2/c14-12-2-1-9(8-16-13(17)18)7-11(12)10-3-5-15-6-4-10/h1-2,7,10,15-16H,3-6,8H2,(H,17,18). The second kappa shape index (κ2) is 5.82. The van der Waals surface area contributed by atoms with Crippen molar-refractivity contribution >= 4 is 6.09 Å². The average Bonchev–Trinajstić information content (AvgIpc) is 2.38. The molecule has 0 unspecified atom stereocenters. The molecule has 0 bridgehead atoms. The third-order valence-corrected chi connectivity index (χ3v) is 3.28. The Hall–Kier alpha value is -1.62.